The molecule has 20 heavy (non-hydrogen) atoms. The molecule has 1 aromatic carbocycles. The van der Waals surface area contributed by atoms with Gasteiger partial charge < -0.3 is 0 Å². The average Bonchev–Trinajstić information content (AvgIpc) is 2.94. The van der Waals surface area contributed by atoms with E-state index < -0.39 is 24.0 Å². The van der Waals surface area contributed by atoms with Crippen molar-refractivity contribution in [2.75, 3.05) is 6.01 Å². The summed E-state index contributed by atoms with van der Waals surface area (Å²) in [6.45, 7) is 1.84. The maximum Gasteiger partial charge on any atom is 0.211 e. The second kappa shape index (κ2) is 5.12. The van der Waals surface area contributed by atoms with E-state index in [4.69, 9.17) is 0 Å². The van der Waals surface area contributed by atoms with E-state index >= 15 is 0 Å². The van der Waals surface area contributed by atoms with Gasteiger partial charge in [-0.25, -0.2) is 22.8 Å². The van der Waals surface area contributed by atoms with Crippen LogP contribution in [0.3, 0.4) is 0 Å². The van der Waals surface area contributed by atoms with E-state index in [0.29, 0.717) is 5.56 Å². The SMILES string of the molecule is Cc1ccc(F)c(C2CC(F)c3nc(SCF)nn32)c1. The third kappa shape index (κ3) is 2.19. The van der Waals surface area contributed by atoms with Gasteiger partial charge in [0, 0.05) is 12.0 Å². The van der Waals surface area contributed by atoms with Crippen molar-refractivity contribution in [2.45, 2.75) is 30.7 Å². The van der Waals surface area contributed by atoms with Crippen molar-refractivity contribution < 1.29 is 13.2 Å². The molecule has 106 valence electrons. The number of aryl methyl sites for hydroxylation is 1. The lowest BCUT2D eigenvalue weighted by atomic mass is 10.0. The van der Waals surface area contributed by atoms with Gasteiger partial charge in [-0.1, -0.05) is 29.5 Å². The smallest absolute Gasteiger partial charge is 0.211 e. The van der Waals surface area contributed by atoms with Crippen molar-refractivity contribution in [3.05, 3.63) is 41.0 Å². The van der Waals surface area contributed by atoms with Crippen LogP contribution in [0.25, 0.3) is 0 Å². The Labute approximate surface area is 118 Å². The topological polar surface area (TPSA) is 30.7 Å². The number of alkyl halides is 2. The zero-order valence-corrected chi connectivity index (χ0v) is 11.5. The minimum atomic E-state index is -1.30. The van der Waals surface area contributed by atoms with Crippen LogP contribution in [0, 0.1) is 12.7 Å². The Kier molecular flexibility index (Phi) is 3.45. The summed E-state index contributed by atoms with van der Waals surface area (Å²) < 4.78 is 41.6. The predicted octanol–water partition coefficient (Wildman–Crippen LogP) is 3.75. The first-order chi connectivity index (χ1) is 9.60. The second-order valence-electron chi connectivity index (χ2n) is 4.69. The molecule has 0 bridgehead atoms. The van der Waals surface area contributed by atoms with Crippen LogP contribution in [-0.4, -0.2) is 20.8 Å². The largest absolute Gasteiger partial charge is 0.239 e. The number of fused-ring (bicyclic) bond motifs is 1. The van der Waals surface area contributed by atoms with Crippen LogP contribution in [0.1, 0.15) is 35.6 Å². The van der Waals surface area contributed by atoms with Gasteiger partial charge in [0.2, 0.25) is 5.16 Å². The van der Waals surface area contributed by atoms with E-state index in [0.717, 1.165) is 17.3 Å². The summed E-state index contributed by atoms with van der Waals surface area (Å²) in [5, 5.41) is 4.26. The number of hydrogen-bond donors (Lipinski definition) is 0. The van der Waals surface area contributed by atoms with Gasteiger partial charge in [0.1, 0.15) is 11.8 Å². The van der Waals surface area contributed by atoms with Crippen LogP contribution in [0.15, 0.2) is 23.4 Å². The number of aromatic nitrogens is 3. The Morgan fingerprint density at radius 3 is 3.00 bits per heavy atom. The minimum absolute atomic E-state index is 0.107. The quantitative estimate of drug-likeness (QED) is 0.809. The van der Waals surface area contributed by atoms with E-state index in [1.807, 2.05) is 6.92 Å². The number of benzene rings is 1. The molecule has 2 heterocycles. The molecule has 0 aliphatic carbocycles. The van der Waals surface area contributed by atoms with Gasteiger partial charge in [0.25, 0.3) is 0 Å². The summed E-state index contributed by atoms with van der Waals surface area (Å²) in [5.74, 6) is -0.247. The molecule has 0 saturated heterocycles. The van der Waals surface area contributed by atoms with Gasteiger partial charge in [-0.05, 0) is 13.0 Å². The molecule has 0 spiro atoms. The van der Waals surface area contributed by atoms with E-state index in [1.54, 1.807) is 12.1 Å². The van der Waals surface area contributed by atoms with Crippen molar-refractivity contribution in [1.82, 2.24) is 14.8 Å². The van der Waals surface area contributed by atoms with Gasteiger partial charge in [-0.3, -0.25) is 0 Å². The molecule has 0 radical (unpaired) electrons. The van der Waals surface area contributed by atoms with E-state index in [-0.39, 0.29) is 17.4 Å². The van der Waals surface area contributed by atoms with Crippen molar-refractivity contribution >= 4 is 11.8 Å². The normalized spacial score (nSPS) is 21.2. The molecule has 0 fully saturated rings. The van der Waals surface area contributed by atoms with Crippen molar-refractivity contribution in [3.8, 4) is 0 Å². The Morgan fingerprint density at radius 1 is 1.45 bits per heavy atom. The Balaban J connectivity index is 2.03. The number of thioether (sulfide) groups is 1. The van der Waals surface area contributed by atoms with Crippen molar-refractivity contribution in [2.24, 2.45) is 0 Å². The summed E-state index contributed by atoms with van der Waals surface area (Å²) in [7, 11) is 0. The van der Waals surface area contributed by atoms with E-state index in [9.17, 15) is 13.2 Å². The zero-order valence-electron chi connectivity index (χ0n) is 10.7. The predicted molar refractivity (Wildman–Crippen MR) is 69.6 cm³/mol. The summed E-state index contributed by atoms with van der Waals surface area (Å²) in [5.41, 5.74) is 1.29. The van der Waals surface area contributed by atoms with Crippen LogP contribution < -0.4 is 0 Å². The Morgan fingerprint density at radius 2 is 2.25 bits per heavy atom. The molecular weight excluding hydrogens is 287 g/mol. The Bertz CT molecular complexity index is 644. The molecule has 1 aliphatic rings. The van der Waals surface area contributed by atoms with Gasteiger partial charge in [0.15, 0.2) is 12.0 Å². The highest BCUT2D eigenvalue weighted by Crippen LogP contribution is 2.41. The van der Waals surface area contributed by atoms with Gasteiger partial charge in [0.05, 0.1) is 6.04 Å². The molecule has 3 nitrogen and oxygen atoms in total. The standard InChI is InChI=1S/C13H12F3N3S/c1-7-2-3-9(15)8(4-7)11-5-10(16)12-17-13(20-6-14)18-19(11)12/h2-4,10-11H,5-6H2,1H3. The zero-order chi connectivity index (χ0) is 14.3. The van der Waals surface area contributed by atoms with Crippen LogP contribution in [-0.2, 0) is 0 Å². The molecule has 0 amide bonds. The molecule has 0 N–H and O–H groups in total. The molecular formula is C13H12F3N3S. The van der Waals surface area contributed by atoms with Gasteiger partial charge in [-0.15, -0.1) is 5.10 Å². The van der Waals surface area contributed by atoms with Gasteiger partial charge in [-0.2, -0.15) is 0 Å². The number of rotatable bonds is 3. The second-order valence-corrected chi connectivity index (χ2v) is 5.57. The molecule has 1 aromatic heterocycles. The highest BCUT2D eigenvalue weighted by Gasteiger charge is 2.36. The first kappa shape index (κ1) is 13.5. The van der Waals surface area contributed by atoms with Crippen LogP contribution in [0.4, 0.5) is 13.2 Å². The molecule has 0 saturated carbocycles. The average molecular weight is 299 g/mol. The fourth-order valence-electron chi connectivity index (χ4n) is 2.45. The minimum Gasteiger partial charge on any atom is -0.239 e. The fraction of sp³-hybridized carbons (Fsp3) is 0.385. The number of halogens is 3. The third-order valence-electron chi connectivity index (χ3n) is 3.34. The molecule has 2 aromatic rings. The van der Waals surface area contributed by atoms with Crippen LogP contribution >= 0.6 is 11.8 Å². The lowest BCUT2D eigenvalue weighted by Crippen LogP contribution is -2.09. The lowest BCUT2D eigenvalue weighted by Gasteiger charge is -2.13. The highest BCUT2D eigenvalue weighted by atomic mass is 32.2. The highest BCUT2D eigenvalue weighted by molar-refractivity contribution is 7.98. The molecule has 2 atom stereocenters. The van der Waals surface area contributed by atoms with E-state index in [1.165, 1.54) is 10.7 Å². The summed E-state index contributed by atoms with van der Waals surface area (Å²) >= 11 is 0.796. The maximum atomic E-state index is 14.0. The van der Waals surface area contributed by atoms with Crippen molar-refractivity contribution in [1.29, 1.82) is 0 Å². The number of hydrogen-bond acceptors (Lipinski definition) is 3. The lowest BCUT2D eigenvalue weighted by molar-refractivity contribution is 0.325. The van der Waals surface area contributed by atoms with Crippen molar-refractivity contribution in [3.63, 3.8) is 0 Å². The first-order valence-electron chi connectivity index (χ1n) is 6.15. The third-order valence-corrected chi connectivity index (χ3v) is 3.88. The monoisotopic (exact) mass is 299 g/mol. The molecule has 7 heteroatoms. The fourth-order valence-corrected chi connectivity index (χ4v) is 2.85. The Hall–Kier alpha value is -1.50. The number of nitrogens with zero attached hydrogens (tertiary/aromatic N) is 3. The molecule has 2 unspecified atom stereocenters. The first-order valence-corrected chi connectivity index (χ1v) is 7.14. The van der Waals surface area contributed by atoms with Gasteiger partial charge >= 0.3 is 0 Å². The maximum absolute atomic E-state index is 14.0. The molecule has 3 rings (SSSR count). The van der Waals surface area contributed by atoms with E-state index in [2.05, 4.69) is 10.1 Å². The van der Waals surface area contributed by atoms with Crippen LogP contribution in [0.2, 0.25) is 0 Å². The molecule has 1 aliphatic heterocycles. The summed E-state index contributed by atoms with van der Waals surface area (Å²) in [4.78, 5) is 3.97. The summed E-state index contributed by atoms with van der Waals surface area (Å²) in [6.07, 6.45) is -1.20. The van der Waals surface area contributed by atoms with Crippen LogP contribution in [0.5, 0.6) is 0 Å². The summed E-state index contributed by atoms with van der Waals surface area (Å²) in [6, 6.07) is 3.51.